The van der Waals surface area contributed by atoms with E-state index in [0.29, 0.717) is 5.92 Å². The lowest BCUT2D eigenvalue weighted by Crippen LogP contribution is -2.52. The molecule has 1 amide bonds. The molecule has 2 aromatic rings. The van der Waals surface area contributed by atoms with Gasteiger partial charge in [0.2, 0.25) is 5.91 Å². The van der Waals surface area contributed by atoms with E-state index in [1.54, 1.807) is 0 Å². The highest BCUT2D eigenvalue weighted by molar-refractivity contribution is 5.87. The summed E-state index contributed by atoms with van der Waals surface area (Å²) >= 11 is 0. The number of nitrogens with zero attached hydrogens (tertiary/aromatic N) is 1. The molecule has 0 bridgehead atoms. The van der Waals surface area contributed by atoms with Crippen molar-refractivity contribution in [3.8, 4) is 0 Å². The number of carbonyl (C=O) groups excluding carboxylic acids is 1. The molecule has 1 saturated heterocycles. The fourth-order valence-corrected chi connectivity index (χ4v) is 3.49. The molecule has 3 rings (SSSR count). The summed E-state index contributed by atoms with van der Waals surface area (Å²) in [6.45, 7) is 4.67. The monoisotopic (exact) mass is 308 g/mol. The van der Waals surface area contributed by atoms with Crippen molar-refractivity contribution in [1.82, 2.24) is 4.90 Å². The lowest BCUT2D eigenvalue weighted by molar-refractivity contribution is -0.137. The first kappa shape index (κ1) is 15.8. The Labute approximate surface area is 138 Å². The van der Waals surface area contributed by atoms with Crippen LogP contribution in [-0.4, -0.2) is 23.4 Å². The molecular formula is C20H24N2O. The summed E-state index contributed by atoms with van der Waals surface area (Å²) in [6.07, 6.45) is 0.987. The Morgan fingerprint density at radius 2 is 1.65 bits per heavy atom. The van der Waals surface area contributed by atoms with E-state index in [2.05, 4.69) is 31.2 Å². The molecule has 1 heterocycles. The van der Waals surface area contributed by atoms with E-state index < -0.39 is 5.54 Å². The van der Waals surface area contributed by atoms with Crippen molar-refractivity contribution in [2.75, 3.05) is 6.54 Å². The third-order valence-corrected chi connectivity index (χ3v) is 4.92. The standard InChI is InChI=1S/C20H24N2O/c1-15-13-17(16-9-5-3-6-10-16)14-22(15)19(23)20(2,21)18-11-7-4-8-12-18/h3-12,15,17H,13-14,21H2,1-2H3. The Morgan fingerprint density at radius 3 is 2.26 bits per heavy atom. The van der Waals surface area contributed by atoms with Crippen LogP contribution < -0.4 is 5.73 Å². The molecule has 2 aromatic carbocycles. The van der Waals surface area contributed by atoms with Gasteiger partial charge in [-0.1, -0.05) is 60.7 Å². The molecule has 23 heavy (non-hydrogen) atoms. The predicted octanol–water partition coefficient (Wildman–Crippen LogP) is 3.27. The Kier molecular flexibility index (Phi) is 4.22. The second-order valence-corrected chi connectivity index (χ2v) is 6.72. The van der Waals surface area contributed by atoms with Crippen LogP contribution in [0.4, 0.5) is 0 Å². The summed E-state index contributed by atoms with van der Waals surface area (Å²) in [5.41, 5.74) is 7.59. The Morgan fingerprint density at radius 1 is 1.09 bits per heavy atom. The summed E-state index contributed by atoms with van der Waals surface area (Å²) in [7, 11) is 0. The largest absolute Gasteiger partial charge is 0.337 e. The lowest BCUT2D eigenvalue weighted by atomic mass is 9.91. The smallest absolute Gasteiger partial charge is 0.247 e. The molecule has 1 aliphatic rings. The van der Waals surface area contributed by atoms with Crippen molar-refractivity contribution in [3.63, 3.8) is 0 Å². The Hall–Kier alpha value is -2.13. The number of likely N-dealkylation sites (tertiary alicyclic amines) is 1. The average molecular weight is 308 g/mol. The quantitative estimate of drug-likeness (QED) is 0.946. The summed E-state index contributed by atoms with van der Waals surface area (Å²) < 4.78 is 0. The molecule has 0 radical (unpaired) electrons. The number of carbonyl (C=O) groups is 1. The highest BCUT2D eigenvalue weighted by atomic mass is 16.2. The van der Waals surface area contributed by atoms with Crippen molar-refractivity contribution in [1.29, 1.82) is 0 Å². The number of benzene rings is 2. The maximum Gasteiger partial charge on any atom is 0.247 e. The van der Waals surface area contributed by atoms with Crippen LogP contribution in [0.1, 0.15) is 37.3 Å². The summed E-state index contributed by atoms with van der Waals surface area (Å²) in [5, 5.41) is 0. The van der Waals surface area contributed by atoms with Gasteiger partial charge < -0.3 is 10.6 Å². The molecule has 0 aromatic heterocycles. The van der Waals surface area contributed by atoms with Crippen LogP contribution in [0.2, 0.25) is 0 Å². The molecule has 0 spiro atoms. The minimum Gasteiger partial charge on any atom is -0.337 e. The van der Waals surface area contributed by atoms with Gasteiger partial charge in [0.1, 0.15) is 5.54 Å². The molecule has 3 unspecified atom stereocenters. The van der Waals surface area contributed by atoms with Gasteiger partial charge in [-0.25, -0.2) is 0 Å². The number of hydrogen-bond acceptors (Lipinski definition) is 2. The van der Waals surface area contributed by atoms with Crippen molar-refractivity contribution in [3.05, 3.63) is 71.8 Å². The minimum absolute atomic E-state index is 0.00892. The highest BCUT2D eigenvalue weighted by Gasteiger charge is 2.41. The first-order valence-corrected chi connectivity index (χ1v) is 8.20. The van der Waals surface area contributed by atoms with Gasteiger partial charge in [0, 0.05) is 18.5 Å². The van der Waals surface area contributed by atoms with Gasteiger partial charge in [-0.05, 0) is 31.4 Å². The minimum atomic E-state index is -0.985. The summed E-state index contributed by atoms with van der Waals surface area (Å²) in [6, 6.07) is 20.3. The van der Waals surface area contributed by atoms with Crippen LogP contribution in [0.15, 0.2) is 60.7 Å². The van der Waals surface area contributed by atoms with Gasteiger partial charge in [-0.3, -0.25) is 4.79 Å². The molecule has 1 fully saturated rings. The summed E-state index contributed by atoms with van der Waals surface area (Å²) in [5.74, 6) is 0.399. The van der Waals surface area contributed by atoms with E-state index in [-0.39, 0.29) is 11.9 Å². The molecular weight excluding hydrogens is 284 g/mol. The van der Waals surface area contributed by atoms with Gasteiger partial charge in [0.05, 0.1) is 0 Å². The molecule has 0 saturated carbocycles. The van der Waals surface area contributed by atoms with E-state index in [9.17, 15) is 4.79 Å². The predicted molar refractivity (Wildman–Crippen MR) is 93.0 cm³/mol. The van der Waals surface area contributed by atoms with Crippen molar-refractivity contribution in [2.24, 2.45) is 5.73 Å². The fraction of sp³-hybridized carbons (Fsp3) is 0.350. The zero-order chi connectivity index (χ0) is 16.4. The van der Waals surface area contributed by atoms with E-state index in [1.165, 1.54) is 5.56 Å². The zero-order valence-electron chi connectivity index (χ0n) is 13.8. The Bertz CT molecular complexity index is 667. The fourth-order valence-electron chi connectivity index (χ4n) is 3.49. The van der Waals surface area contributed by atoms with Crippen LogP contribution in [-0.2, 0) is 10.3 Å². The van der Waals surface area contributed by atoms with Crippen LogP contribution in [0.25, 0.3) is 0 Å². The van der Waals surface area contributed by atoms with Gasteiger partial charge >= 0.3 is 0 Å². The molecule has 3 atom stereocenters. The number of amides is 1. The van der Waals surface area contributed by atoms with Crippen LogP contribution in [0, 0.1) is 0 Å². The second-order valence-electron chi connectivity index (χ2n) is 6.72. The lowest BCUT2D eigenvalue weighted by Gasteiger charge is -2.32. The first-order chi connectivity index (χ1) is 11.0. The second kappa shape index (κ2) is 6.17. The van der Waals surface area contributed by atoms with Crippen LogP contribution >= 0.6 is 0 Å². The third-order valence-electron chi connectivity index (χ3n) is 4.92. The first-order valence-electron chi connectivity index (χ1n) is 8.20. The SMILES string of the molecule is CC1CC(c2ccccc2)CN1C(=O)C(C)(N)c1ccccc1. The van der Waals surface area contributed by atoms with Gasteiger partial charge in [-0.15, -0.1) is 0 Å². The van der Waals surface area contributed by atoms with Gasteiger partial charge in [-0.2, -0.15) is 0 Å². The van der Waals surface area contributed by atoms with Gasteiger partial charge in [0.15, 0.2) is 0 Å². The van der Waals surface area contributed by atoms with Crippen LogP contribution in [0.3, 0.4) is 0 Å². The Balaban J connectivity index is 1.80. The molecule has 0 aliphatic carbocycles. The molecule has 3 heteroatoms. The maximum absolute atomic E-state index is 13.1. The normalized spacial score (nSPS) is 23.5. The van der Waals surface area contributed by atoms with Crippen molar-refractivity contribution >= 4 is 5.91 Å². The van der Waals surface area contributed by atoms with Crippen molar-refractivity contribution in [2.45, 2.75) is 37.8 Å². The van der Waals surface area contributed by atoms with E-state index in [1.807, 2.05) is 48.2 Å². The van der Waals surface area contributed by atoms with E-state index in [0.717, 1.165) is 18.5 Å². The topological polar surface area (TPSA) is 46.3 Å². The van der Waals surface area contributed by atoms with Crippen LogP contribution in [0.5, 0.6) is 0 Å². The van der Waals surface area contributed by atoms with E-state index in [4.69, 9.17) is 5.73 Å². The maximum atomic E-state index is 13.1. The van der Waals surface area contributed by atoms with E-state index >= 15 is 0 Å². The van der Waals surface area contributed by atoms with Crippen molar-refractivity contribution < 1.29 is 4.79 Å². The molecule has 1 aliphatic heterocycles. The third kappa shape index (κ3) is 3.02. The highest BCUT2D eigenvalue weighted by Crippen LogP contribution is 2.34. The zero-order valence-corrected chi connectivity index (χ0v) is 13.8. The molecule has 3 nitrogen and oxygen atoms in total. The number of hydrogen-bond donors (Lipinski definition) is 1. The van der Waals surface area contributed by atoms with Gasteiger partial charge in [0.25, 0.3) is 0 Å². The average Bonchev–Trinajstić information content (AvgIpc) is 2.97. The molecule has 120 valence electrons. The molecule has 2 N–H and O–H groups in total. The number of rotatable bonds is 3. The number of nitrogens with two attached hydrogens (primary N) is 1. The summed E-state index contributed by atoms with van der Waals surface area (Å²) in [4.78, 5) is 15.0.